The van der Waals surface area contributed by atoms with Crippen LogP contribution in [0.1, 0.15) is 18.1 Å². The fourth-order valence-electron chi connectivity index (χ4n) is 2.50. The summed E-state index contributed by atoms with van der Waals surface area (Å²) in [5.74, 6) is 0.853. The molecule has 0 radical (unpaired) electrons. The van der Waals surface area contributed by atoms with Gasteiger partial charge in [-0.1, -0.05) is 59.6 Å². The Kier molecular flexibility index (Phi) is 7.71. The third kappa shape index (κ3) is 6.24. The monoisotopic (exact) mass is 442 g/mol. The van der Waals surface area contributed by atoms with Crippen molar-refractivity contribution in [3.8, 4) is 11.5 Å². The number of carbonyl (C=O) groups is 1. The number of hydrogen-bond donors (Lipinski definition) is 1. The van der Waals surface area contributed by atoms with Crippen molar-refractivity contribution < 1.29 is 14.3 Å². The number of ether oxygens (including phenoxy) is 2. The van der Waals surface area contributed by atoms with Crippen molar-refractivity contribution >= 4 is 35.3 Å². The van der Waals surface area contributed by atoms with Crippen LogP contribution in [-0.2, 0) is 11.4 Å². The molecule has 1 atom stereocenters. The van der Waals surface area contributed by atoms with E-state index < -0.39 is 12.0 Å². The van der Waals surface area contributed by atoms with Crippen LogP contribution >= 0.6 is 23.2 Å². The van der Waals surface area contributed by atoms with Gasteiger partial charge in [0.05, 0.1) is 16.3 Å². The van der Waals surface area contributed by atoms with Crippen LogP contribution in [0.4, 0.5) is 0 Å². The molecule has 0 aliphatic rings. The number of nitrogens with one attached hydrogen (secondary N) is 1. The van der Waals surface area contributed by atoms with Crippen LogP contribution in [0.3, 0.4) is 0 Å². The standard InChI is InChI=1S/C23H20Cl2N2O3/c1-16(23(28)27-26-14-20-21(24)8-5-9-22(20)25)30-19-12-10-18(11-13-19)29-15-17-6-3-2-4-7-17/h2-14,16H,15H2,1H3,(H,27,28)/b26-14-/t16-/m1/s1. The van der Waals surface area contributed by atoms with E-state index in [0.29, 0.717) is 33.7 Å². The molecule has 0 aliphatic heterocycles. The lowest BCUT2D eigenvalue weighted by Crippen LogP contribution is -2.33. The maximum Gasteiger partial charge on any atom is 0.280 e. The van der Waals surface area contributed by atoms with Crippen molar-refractivity contribution in [1.29, 1.82) is 0 Å². The lowest BCUT2D eigenvalue weighted by Gasteiger charge is -2.13. The highest BCUT2D eigenvalue weighted by Crippen LogP contribution is 2.22. The van der Waals surface area contributed by atoms with Crippen molar-refractivity contribution in [2.24, 2.45) is 5.10 Å². The van der Waals surface area contributed by atoms with Gasteiger partial charge in [0.15, 0.2) is 6.10 Å². The molecule has 1 N–H and O–H groups in total. The quantitative estimate of drug-likeness (QED) is 0.370. The minimum atomic E-state index is -0.750. The van der Waals surface area contributed by atoms with Gasteiger partial charge in [-0.15, -0.1) is 0 Å². The summed E-state index contributed by atoms with van der Waals surface area (Å²) < 4.78 is 11.4. The first-order chi connectivity index (χ1) is 14.5. The van der Waals surface area contributed by atoms with Crippen LogP contribution in [0.5, 0.6) is 11.5 Å². The molecule has 154 valence electrons. The molecule has 0 unspecified atom stereocenters. The van der Waals surface area contributed by atoms with E-state index in [1.165, 1.54) is 6.21 Å². The Balaban J connectivity index is 1.49. The SMILES string of the molecule is C[C@@H](Oc1ccc(OCc2ccccc2)cc1)C(=O)N/N=C\c1c(Cl)cccc1Cl. The largest absolute Gasteiger partial charge is 0.489 e. The molecule has 0 saturated heterocycles. The zero-order valence-corrected chi connectivity index (χ0v) is 17.7. The van der Waals surface area contributed by atoms with Crippen LogP contribution < -0.4 is 14.9 Å². The summed E-state index contributed by atoms with van der Waals surface area (Å²) >= 11 is 12.1. The normalized spacial score (nSPS) is 11.8. The Bertz CT molecular complexity index is 988. The first-order valence-corrected chi connectivity index (χ1v) is 9.99. The lowest BCUT2D eigenvalue weighted by atomic mass is 10.2. The molecule has 0 heterocycles. The highest BCUT2D eigenvalue weighted by atomic mass is 35.5. The van der Waals surface area contributed by atoms with Crippen LogP contribution in [0.15, 0.2) is 77.9 Å². The highest BCUT2D eigenvalue weighted by molar-refractivity contribution is 6.38. The predicted molar refractivity (Wildman–Crippen MR) is 120 cm³/mol. The molecule has 0 aromatic heterocycles. The zero-order chi connectivity index (χ0) is 21.3. The maximum atomic E-state index is 12.2. The Labute approximate surface area is 185 Å². The van der Waals surface area contributed by atoms with Crippen LogP contribution in [-0.4, -0.2) is 18.2 Å². The number of hydrazone groups is 1. The molecule has 3 aromatic carbocycles. The zero-order valence-electron chi connectivity index (χ0n) is 16.2. The van der Waals surface area contributed by atoms with Gasteiger partial charge in [-0.25, -0.2) is 5.43 Å². The third-order valence-corrected chi connectivity index (χ3v) is 4.78. The Morgan fingerprint density at radius 1 is 0.967 bits per heavy atom. The molecule has 1 amide bonds. The number of hydrogen-bond acceptors (Lipinski definition) is 4. The molecule has 5 nitrogen and oxygen atoms in total. The second-order valence-corrected chi connectivity index (χ2v) is 7.19. The minimum absolute atomic E-state index is 0.404. The van der Waals surface area contributed by atoms with Gasteiger partial charge in [-0.2, -0.15) is 5.10 Å². The van der Waals surface area contributed by atoms with Gasteiger partial charge in [0.25, 0.3) is 5.91 Å². The lowest BCUT2D eigenvalue weighted by molar-refractivity contribution is -0.127. The first-order valence-electron chi connectivity index (χ1n) is 9.23. The van der Waals surface area contributed by atoms with E-state index in [1.807, 2.05) is 30.3 Å². The van der Waals surface area contributed by atoms with E-state index in [2.05, 4.69) is 10.5 Å². The summed E-state index contributed by atoms with van der Waals surface area (Å²) in [5.41, 5.74) is 4.03. The fraction of sp³-hybridized carbons (Fsp3) is 0.130. The van der Waals surface area contributed by atoms with Crippen LogP contribution in [0.25, 0.3) is 0 Å². The number of nitrogens with zero attached hydrogens (tertiary/aromatic N) is 1. The second-order valence-electron chi connectivity index (χ2n) is 6.38. The van der Waals surface area contributed by atoms with E-state index in [-0.39, 0.29) is 0 Å². The van der Waals surface area contributed by atoms with Gasteiger partial charge in [0, 0.05) is 5.56 Å². The molecule has 0 aliphatic carbocycles. The molecule has 0 saturated carbocycles. The van der Waals surface area contributed by atoms with Crippen molar-refractivity contribution in [3.63, 3.8) is 0 Å². The Morgan fingerprint density at radius 2 is 1.60 bits per heavy atom. The Morgan fingerprint density at radius 3 is 2.27 bits per heavy atom. The average molecular weight is 443 g/mol. The minimum Gasteiger partial charge on any atom is -0.489 e. The topological polar surface area (TPSA) is 59.9 Å². The number of rotatable bonds is 8. The summed E-state index contributed by atoms with van der Waals surface area (Å²) in [4.78, 5) is 12.2. The van der Waals surface area contributed by atoms with Crippen molar-refractivity contribution in [2.45, 2.75) is 19.6 Å². The number of amides is 1. The van der Waals surface area contributed by atoms with Crippen LogP contribution in [0.2, 0.25) is 10.0 Å². The maximum absolute atomic E-state index is 12.2. The molecule has 30 heavy (non-hydrogen) atoms. The molecule has 0 spiro atoms. The highest BCUT2D eigenvalue weighted by Gasteiger charge is 2.14. The van der Waals surface area contributed by atoms with E-state index >= 15 is 0 Å². The van der Waals surface area contributed by atoms with Gasteiger partial charge >= 0.3 is 0 Å². The molecule has 7 heteroatoms. The van der Waals surface area contributed by atoms with E-state index in [1.54, 1.807) is 49.4 Å². The summed E-state index contributed by atoms with van der Waals surface area (Å²) in [6.07, 6.45) is 0.647. The Hall–Kier alpha value is -3.02. The summed E-state index contributed by atoms with van der Waals surface area (Å²) in [5, 5.41) is 4.79. The molecular weight excluding hydrogens is 423 g/mol. The fourth-order valence-corrected chi connectivity index (χ4v) is 2.99. The molecule has 3 aromatic rings. The van der Waals surface area contributed by atoms with Crippen molar-refractivity contribution in [3.05, 3.63) is 94.0 Å². The molecule has 0 bridgehead atoms. The number of benzene rings is 3. The van der Waals surface area contributed by atoms with Gasteiger partial charge in [-0.05, 0) is 48.9 Å². The van der Waals surface area contributed by atoms with Crippen molar-refractivity contribution in [1.82, 2.24) is 5.43 Å². The predicted octanol–water partition coefficient (Wildman–Crippen LogP) is 5.49. The first kappa shape index (κ1) is 21.7. The molecule has 0 fully saturated rings. The van der Waals surface area contributed by atoms with E-state index in [9.17, 15) is 4.79 Å². The summed E-state index contributed by atoms with van der Waals surface area (Å²) in [7, 11) is 0. The van der Waals surface area contributed by atoms with Crippen LogP contribution in [0, 0.1) is 0 Å². The molecular formula is C23H20Cl2N2O3. The van der Waals surface area contributed by atoms with Gasteiger partial charge in [0.2, 0.25) is 0 Å². The van der Waals surface area contributed by atoms with Gasteiger partial charge < -0.3 is 9.47 Å². The smallest absolute Gasteiger partial charge is 0.280 e. The molecule has 3 rings (SSSR count). The summed E-state index contributed by atoms with van der Waals surface area (Å²) in [6.45, 7) is 2.11. The average Bonchev–Trinajstić information content (AvgIpc) is 2.76. The van der Waals surface area contributed by atoms with Gasteiger partial charge in [0.1, 0.15) is 18.1 Å². The number of halogens is 2. The van der Waals surface area contributed by atoms with Crippen molar-refractivity contribution in [2.75, 3.05) is 0 Å². The third-order valence-electron chi connectivity index (χ3n) is 4.12. The van der Waals surface area contributed by atoms with Gasteiger partial charge in [-0.3, -0.25) is 4.79 Å². The van der Waals surface area contributed by atoms with E-state index in [4.69, 9.17) is 32.7 Å². The number of carbonyl (C=O) groups excluding carboxylic acids is 1. The second kappa shape index (κ2) is 10.7. The van der Waals surface area contributed by atoms with E-state index in [0.717, 1.165) is 5.56 Å². The summed E-state index contributed by atoms with van der Waals surface area (Å²) in [6, 6.07) is 22.1.